The van der Waals surface area contributed by atoms with Gasteiger partial charge in [0.25, 0.3) is 15.9 Å². The van der Waals surface area contributed by atoms with Crippen LogP contribution in [-0.4, -0.2) is 19.3 Å². The van der Waals surface area contributed by atoms with Crippen LogP contribution in [-0.2, 0) is 10.0 Å². The number of hydrogen-bond donors (Lipinski definition) is 3. The molecule has 2 aromatic rings. The molecular weight excluding hydrogens is 389 g/mol. The predicted molar refractivity (Wildman–Crippen MR) is 77.7 cm³/mol. The van der Waals surface area contributed by atoms with Crippen LogP contribution in [0.3, 0.4) is 0 Å². The average Bonchev–Trinajstić information content (AvgIpc) is 2.82. The fraction of sp³-hybridized carbons (Fsp3) is 0. The average molecular weight is 397 g/mol. The first-order chi connectivity index (χ1) is 9.79. The van der Waals surface area contributed by atoms with Crippen molar-refractivity contribution in [2.24, 2.45) is 0 Å². The number of benzene rings is 1. The van der Waals surface area contributed by atoms with Crippen molar-refractivity contribution in [3.05, 3.63) is 51.5 Å². The van der Waals surface area contributed by atoms with Crippen molar-refractivity contribution in [1.29, 1.82) is 0 Å². The molecule has 0 fully saturated rings. The second-order valence-corrected chi connectivity index (χ2v) is 6.87. The molecule has 0 aliphatic rings. The summed E-state index contributed by atoms with van der Waals surface area (Å²) in [5.41, 5.74) is 2.09. The molecule has 10 heteroatoms. The van der Waals surface area contributed by atoms with Crippen LogP contribution in [0.1, 0.15) is 10.5 Å². The lowest BCUT2D eigenvalue weighted by Gasteiger charge is -2.08. The predicted octanol–water partition coefficient (Wildman–Crippen LogP) is 2.19. The molecule has 112 valence electrons. The van der Waals surface area contributed by atoms with Gasteiger partial charge in [-0.1, -0.05) is 11.6 Å². The quantitative estimate of drug-likeness (QED) is 0.692. The maximum absolute atomic E-state index is 13.6. The smallest absolute Gasteiger partial charge is 0.282 e. The lowest BCUT2D eigenvalue weighted by molar-refractivity contribution is 0.0940. The highest BCUT2D eigenvalue weighted by Gasteiger charge is 2.20. The minimum absolute atomic E-state index is 0.0618. The molecule has 0 saturated carbocycles. The summed E-state index contributed by atoms with van der Waals surface area (Å²) < 4.78 is 37.9. The Morgan fingerprint density at radius 2 is 2.05 bits per heavy atom. The second kappa shape index (κ2) is 6.14. The molecule has 3 N–H and O–H groups in total. The standard InChI is InChI=1S/C11H8BrClFN3O3S/c12-6-3-9(15-5-6)11(18)16-17-21(19,20)10-2-1-7(13)4-8(10)14/h1-5,15,17H,(H,16,18). The summed E-state index contributed by atoms with van der Waals surface area (Å²) in [7, 11) is -4.25. The Bertz CT molecular complexity index is 794. The molecule has 1 aromatic carbocycles. The third kappa shape index (κ3) is 3.82. The fourth-order valence-corrected chi connectivity index (χ4v) is 2.83. The van der Waals surface area contributed by atoms with Gasteiger partial charge < -0.3 is 4.98 Å². The minimum Gasteiger partial charge on any atom is -0.356 e. The first kappa shape index (κ1) is 16.0. The van der Waals surface area contributed by atoms with Crippen molar-refractivity contribution in [2.75, 3.05) is 0 Å². The minimum atomic E-state index is -4.25. The molecular formula is C11H8BrClFN3O3S. The number of carbonyl (C=O) groups is 1. The van der Waals surface area contributed by atoms with Crippen LogP contribution in [0.4, 0.5) is 4.39 Å². The third-order valence-electron chi connectivity index (χ3n) is 2.37. The van der Waals surface area contributed by atoms with Gasteiger partial charge in [-0.3, -0.25) is 10.2 Å². The van der Waals surface area contributed by atoms with Crippen LogP contribution >= 0.6 is 27.5 Å². The number of halogens is 3. The number of aromatic amines is 1. The summed E-state index contributed by atoms with van der Waals surface area (Å²) in [4.78, 5) is 15.5. The van der Waals surface area contributed by atoms with Crippen LogP contribution in [0.5, 0.6) is 0 Å². The van der Waals surface area contributed by atoms with Gasteiger partial charge in [0.1, 0.15) is 16.4 Å². The first-order valence-corrected chi connectivity index (χ1v) is 8.06. The van der Waals surface area contributed by atoms with Crippen LogP contribution in [0.2, 0.25) is 5.02 Å². The van der Waals surface area contributed by atoms with Crippen molar-refractivity contribution in [3.8, 4) is 0 Å². The van der Waals surface area contributed by atoms with Gasteiger partial charge in [-0.2, -0.15) is 0 Å². The molecule has 2 rings (SSSR count). The third-order valence-corrected chi connectivity index (χ3v) is 4.35. The number of H-pyrrole nitrogens is 1. The molecule has 0 spiro atoms. The Labute approximate surface area is 132 Å². The molecule has 0 radical (unpaired) electrons. The lowest BCUT2D eigenvalue weighted by atomic mass is 10.3. The highest BCUT2D eigenvalue weighted by molar-refractivity contribution is 9.10. The van der Waals surface area contributed by atoms with Gasteiger partial charge in [-0.25, -0.2) is 12.8 Å². The van der Waals surface area contributed by atoms with Gasteiger partial charge in [0.05, 0.1) is 0 Å². The Hall–Kier alpha value is -1.42. The number of hydrogen-bond acceptors (Lipinski definition) is 3. The zero-order valence-electron chi connectivity index (χ0n) is 10.2. The summed E-state index contributed by atoms with van der Waals surface area (Å²) in [6, 6.07) is 4.53. The number of amides is 1. The van der Waals surface area contributed by atoms with Crippen LogP contribution in [0.15, 0.2) is 39.8 Å². The topological polar surface area (TPSA) is 91.1 Å². The molecule has 1 heterocycles. The number of carbonyl (C=O) groups excluding carboxylic acids is 1. The number of nitrogens with one attached hydrogen (secondary N) is 3. The zero-order chi connectivity index (χ0) is 15.6. The molecule has 0 saturated heterocycles. The van der Waals surface area contributed by atoms with Gasteiger partial charge in [0, 0.05) is 15.7 Å². The summed E-state index contributed by atoms with van der Waals surface area (Å²) in [5, 5.41) is 0.0618. The van der Waals surface area contributed by atoms with Crippen LogP contribution < -0.4 is 10.3 Å². The zero-order valence-corrected chi connectivity index (χ0v) is 13.3. The Morgan fingerprint density at radius 1 is 1.33 bits per heavy atom. The number of hydrazine groups is 1. The van der Waals surface area contributed by atoms with Crippen molar-refractivity contribution >= 4 is 43.5 Å². The van der Waals surface area contributed by atoms with Gasteiger partial charge in [-0.05, 0) is 40.2 Å². The van der Waals surface area contributed by atoms with Crippen LogP contribution in [0.25, 0.3) is 0 Å². The second-order valence-electron chi connectivity index (χ2n) is 3.87. The Balaban J connectivity index is 2.13. The maximum atomic E-state index is 13.6. The summed E-state index contributed by atoms with van der Waals surface area (Å²) in [5.74, 6) is -1.74. The lowest BCUT2D eigenvalue weighted by Crippen LogP contribution is -2.41. The SMILES string of the molecule is O=C(NNS(=O)(=O)c1ccc(Cl)cc1F)c1cc(Br)c[nH]1. The van der Waals surface area contributed by atoms with E-state index >= 15 is 0 Å². The molecule has 1 aromatic heterocycles. The van der Waals surface area contributed by atoms with Crippen molar-refractivity contribution in [1.82, 2.24) is 15.2 Å². The van der Waals surface area contributed by atoms with Gasteiger partial charge in [-0.15, -0.1) is 4.83 Å². The highest BCUT2D eigenvalue weighted by atomic mass is 79.9. The molecule has 0 unspecified atom stereocenters. The number of rotatable bonds is 4. The van der Waals surface area contributed by atoms with E-state index in [9.17, 15) is 17.6 Å². The van der Waals surface area contributed by atoms with E-state index in [0.717, 1.165) is 12.1 Å². The normalized spacial score (nSPS) is 11.4. The Morgan fingerprint density at radius 3 is 2.62 bits per heavy atom. The van der Waals surface area contributed by atoms with E-state index in [4.69, 9.17) is 11.6 Å². The van der Waals surface area contributed by atoms with E-state index < -0.39 is 26.6 Å². The van der Waals surface area contributed by atoms with E-state index in [1.54, 1.807) is 4.83 Å². The van der Waals surface area contributed by atoms with Crippen molar-refractivity contribution < 1.29 is 17.6 Å². The molecule has 0 aliphatic carbocycles. The molecule has 0 aliphatic heterocycles. The highest BCUT2D eigenvalue weighted by Crippen LogP contribution is 2.18. The fourth-order valence-electron chi connectivity index (χ4n) is 1.43. The molecule has 1 amide bonds. The Kier molecular flexibility index (Phi) is 4.67. The molecule has 21 heavy (non-hydrogen) atoms. The number of aromatic nitrogens is 1. The summed E-state index contributed by atoms with van der Waals surface area (Å²) >= 11 is 8.68. The summed E-state index contributed by atoms with van der Waals surface area (Å²) in [6.07, 6.45) is 1.50. The molecule has 6 nitrogen and oxygen atoms in total. The largest absolute Gasteiger partial charge is 0.356 e. The van der Waals surface area contributed by atoms with E-state index in [2.05, 4.69) is 20.9 Å². The van der Waals surface area contributed by atoms with E-state index in [1.165, 1.54) is 18.3 Å². The maximum Gasteiger partial charge on any atom is 0.282 e. The molecule has 0 bridgehead atoms. The summed E-state index contributed by atoms with van der Waals surface area (Å²) in [6.45, 7) is 0. The van der Waals surface area contributed by atoms with Gasteiger partial charge in [0.2, 0.25) is 0 Å². The van der Waals surface area contributed by atoms with E-state index in [-0.39, 0.29) is 10.7 Å². The van der Waals surface area contributed by atoms with Crippen molar-refractivity contribution in [3.63, 3.8) is 0 Å². The van der Waals surface area contributed by atoms with Crippen molar-refractivity contribution in [2.45, 2.75) is 4.90 Å². The van der Waals surface area contributed by atoms with Gasteiger partial charge >= 0.3 is 0 Å². The van der Waals surface area contributed by atoms with Crippen LogP contribution in [0, 0.1) is 5.82 Å². The molecule has 0 atom stereocenters. The van der Waals surface area contributed by atoms with E-state index in [1.807, 2.05) is 5.43 Å². The van der Waals surface area contributed by atoms with Gasteiger partial charge in [0.15, 0.2) is 0 Å². The number of sulfonamides is 1. The van der Waals surface area contributed by atoms with E-state index in [0.29, 0.717) is 4.47 Å². The monoisotopic (exact) mass is 395 g/mol. The first-order valence-electron chi connectivity index (χ1n) is 5.41.